The Morgan fingerprint density at radius 1 is 1.17 bits per heavy atom. The van der Waals surface area contributed by atoms with Crippen LogP contribution in [0.4, 0.5) is 8.78 Å². The number of halogens is 3. The lowest BCUT2D eigenvalue weighted by atomic mass is 10.0. The van der Waals surface area contributed by atoms with Gasteiger partial charge in [0.15, 0.2) is 0 Å². The van der Waals surface area contributed by atoms with E-state index < -0.39 is 17.7 Å². The van der Waals surface area contributed by atoms with Crippen molar-refractivity contribution in [3.8, 4) is 0 Å². The second kappa shape index (κ2) is 5.07. The van der Waals surface area contributed by atoms with Crippen LogP contribution in [0, 0.1) is 25.5 Å². The van der Waals surface area contributed by atoms with Crippen LogP contribution in [0.5, 0.6) is 0 Å². The molecule has 0 bridgehead atoms. The van der Waals surface area contributed by atoms with E-state index in [1.807, 2.05) is 19.9 Å². The molecule has 1 aromatic carbocycles. The van der Waals surface area contributed by atoms with E-state index in [0.29, 0.717) is 4.47 Å². The summed E-state index contributed by atoms with van der Waals surface area (Å²) in [7, 11) is 0. The van der Waals surface area contributed by atoms with Crippen LogP contribution >= 0.6 is 27.3 Å². The minimum absolute atomic E-state index is 0.0804. The molecule has 1 aromatic heterocycles. The summed E-state index contributed by atoms with van der Waals surface area (Å²) in [5.74, 6) is -1.25. The van der Waals surface area contributed by atoms with Gasteiger partial charge in [-0.1, -0.05) is 15.9 Å². The third-order valence-corrected chi connectivity index (χ3v) is 4.41. The molecule has 0 spiro atoms. The molecule has 0 radical (unpaired) electrons. The molecule has 2 N–H and O–H groups in total. The van der Waals surface area contributed by atoms with Crippen molar-refractivity contribution >= 4 is 27.3 Å². The fourth-order valence-corrected chi connectivity index (χ4v) is 3.40. The predicted octanol–water partition coefficient (Wildman–Crippen LogP) is 4.45. The molecule has 2 aromatic rings. The largest absolute Gasteiger partial charge is 0.319 e. The fraction of sp³-hybridized carbons (Fsp3) is 0.231. The summed E-state index contributed by atoms with van der Waals surface area (Å²) < 4.78 is 28.0. The first-order valence-corrected chi connectivity index (χ1v) is 6.98. The van der Waals surface area contributed by atoms with Gasteiger partial charge in [0.05, 0.1) is 6.04 Å². The minimum Gasteiger partial charge on any atom is -0.319 e. The number of thiophene rings is 1. The molecule has 0 aliphatic heterocycles. The van der Waals surface area contributed by atoms with Crippen LogP contribution in [0.2, 0.25) is 0 Å². The van der Waals surface area contributed by atoms with E-state index in [-0.39, 0.29) is 5.56 Å². The zero-order valence-electron chi connectivity index (χ0n) is 9.93. The van der Waals surface area contributed by atoms with Gasteiger partial charge in [-0.25, -0.2) is 8.78 Å². The molecular weight excluding hydrogens is 320 g/mol. The number of hydrogen-bond acceptors (Lipinski definition) is 2. The molecule has 18 heavy (non-hydrogen) atoms. The molecule has 1 atom stereocenters. The highest BCUT2D eigenvalue weighted by molar-refractivity contribution is 9.10. The summed E-state index contributed by atoms with van der Waals surface area (Å²) >= 11 is 4.52. The quantitative estimate of drug-likeness (QED) is 0.864. The summed E-state index contributed by atoms with van der Waals surface area (Å²) in [6.45, 7) is 3.84. The van der Waals surface area contributed by atoms with Crippen molar-refractivity contribution in [2.75, 3.05) is 0 Å². The summed E-state index contributed by atoms with van der Waals surface area (Å²) in [6.07, 6.45) is 0. The molecule has 0 amide bonds. The smallest absolute Gasteiger partial charge is 0.132 e. The monoisotopic (exact) mass is 331 g/mol. The second-order valence-corrected chi connectivity index (χ2v) is 6.37. The van der Waals surface area contributed by atoms with E-state index in [1.54, 1.807) is 0 Å². The molecule has 0 fully saturated rings. The highest BCUT2D eigenvalue weighted by atomic mass is 79.9. The molecule has 0 aliphatic rings. The van der Waals surface area contributed by atoms with Crippen LogP contribution in [0.3, 0.4) is 0 Å². The second-order valence-electron chi connectivity index (χ2n) is 4.17. The lowest BCUT2D eigenvalue weighted by Crippen LogP contribution is -2.15. The predicted molar refractivity (Wildman–Crippen MR) is 73.9 cm³/mol. The first-order chi connectivity index (χ1) is 8.40. The van der Waals surface area contributed by atoms with Gasteiger partial charge in [0.2, 0.25) is 0 Å². The van der Waals surface area contributed by atoms with Gasteiger partial charge in [-0.3, -0.25) is 0 Å². The van der Waals surface area contributed by atoms with Gasteiger partial charge in [-0.15, -0.1) is 11.3 Å². The van der Waals surface area contributed by atoms with Crippen molar-refractivity contribution < 1.29 is 8.78 Å². The van der Waals surface area contributed by atoms with Crippen molar-refractivity contribution in [2.24, 2.45) is 5.73 Å². The molecule has 1 unspecified atom stereocenters. The number of hydrogen-bond donors (Lipinski definition) is 1. The summed E-state index contributed by atoms with van der Waals surface area (Å²) in [5.41, 5.74) is 6.88. The normalized spacial score (nSPS) is 12.8. The molecule has 0 saturated carbocycles. The Bertz CT molecular complexity index is 572. The maximum Gasteiger partial charge on any atom is 0.132 e. The van der Waals surface area contributed by atoms with Gasteiger partial charge in [0.1, 0.15) is 11.6 Å². The van der Waals surface area contributed by atoms with E-state index in [0.717, 1.165) is 15.3 Å². The number of aryl methyl sites for hydroxylation is 2. The first-order valence-electron chi connectivity index (χ1n) is 5.37. The van der Waals surface area contributed by atoms with Gasteiger partial charge in [0, 0.05) is 19.8 Å². The molecule has 1 heterocycles. The lowest BCUT2D eigenvalue weighted by Gasteiger charge is -2.14. The van der Waals surface area contributed by atoms with E-state index >= 15 is 0 Å². The first kappa shape index (κ1) is 13.6. The lowest BCUT2D eigenvalue weighted by molar-refractivity contribution is 0.543. The molecular formula is C13H12BrF2NS. The molecule has 0 saturated heterocycles. The molecule has 0 aliphatic carbocycles. The highest BCUT2D eigenvalue weighted by Gasteiger charge is 2.22. The highest BCUT2D eigenvalue weighted by Crippen LogP contribution is 2.33. The van der Waals surface area contributed by atoms with Crippen molar-refractivity contribution in [2.45, 2.75) is 19.9 Å². The number of nitrogens with two attached hydrogens (primary N) is 1. The Labute approximate surface area is 117 Å². The standard InChI is InChI=1S/C13H12BrF2NS/c1-6-3-7(2)18-13(6)12(17)11-9(15)4-8(14)5-10(11)16/h3-5,12H,17H2,1-2H3. The molecule has 1 nitrogen and oxygen atoms in total. The molecule has 96 valence electrons. The molecule has 2 rings (SSSR count). The van der Waals surface area contributed by atoms with Crippen LogP contribution in [0.15, 0.2) is 22.7 Å². The SMILES string of the molecule is Cc1cc(C)c(C(N)c2c(F)cc(Br)cc2F)s1. The van der Waals surface area contributed by atoms with E-state index in [1.165, 1.54) is 23.5 Å². The average Bonchev–Trinajstić information content (AvgIpc) is 2.56. The number of rotatable bonds is 2. The summed E-state index contributed by atoms with van der Waals surface area (Å²) in [6, 6.07) is 3.66. The Morgan fingerprint density at radius 2 is 1.72 bits per heavy atom. The van der Waals surface area contributed by atoms with Crippen molar-refractivity contribution in [1.29, 1.82) is 0 Å². The van der Waals surface area contributed by atoms with Crippen molar-refractivity contribution in [3.05, 3.63) is 55.2 Å². The Kier molecular flexibility index (Phi) is 3.84. The van der Waals surface area contributed by atoms with Gasteiger partial charge >= 0.3 is 0 Å². The maximum absolute atomic E-state index is 13.8. The Hall–Kier alpha value is -0.780. The fourth-order valence-electron chi connectivity index (χ4n) is 1.95. The molecule has 5 heteroatoms. The van der Waals surface area contributed by atoms with Crippen LogP contribution in [0.1, 0.15) is 26.9 Å². The third-order valence-electron chi connectivity index (χ3n) is 2.72. The van der Waals surface area contributed by atoms with Crippen LogP contribution in [-0.4, -0.2) is 0 Å². The summed E-state index contributed by atoms with van der Waals surface area (Å²) in [5, 5.41) is 0. The van der Waals surface area contributed by atoms with Crippen molar-refractivity contribution in [1.82, 2.24) is 0 Å². The zero-order chi connectivity index (χ0) is 13.4. The Morgan fingerprint density at radius 3 is 2.17 bits per heavy atom. The van der Waals surface area contributed by atoms with Crippen LogP contribution in [-0.2, 0) is 0 Å². The minimum atomic E-state index is -0.767. The van der Waals surface area contributed by atoms with Gasteiger partial charge < -0.3 is 5.73 Å². The van der Waals surface area contributed by atoms with E-state index in [4.69, 9.17) is 5.73 Å². The number of benzene rings is 1. The Balaban J connectivity index is 2.52. The maximum atomic E-state index is 13.8. The van der Waals surface area contributed by atoms with E-state index in [2.05, 4.69) is 15.9 Å². The zero-order valence-corrected chi connectivity index (χ0v) is 12.3. The van der Waals surface area contributed by atoms with Gasteiger partial charge in [-0.2, -0.15) is 0 Å². The van der Waals surface area contributed by atoms with Crippen LogP contribution < -0.4 is 5.73 Å². The third kappa shape index (κ3) is 2.48. The van der Waals surface area contributed by atoms with Gasteiger partial charge in [-0.05, 0) is 37.6 Å². The van der Waals surface area contributed by atoms with Crippen molar-refractivity contribution in [3.63, 3.8) is 0 Å². The van der Waals surface area contributed by atoms with Gasteiger partial charge in [0.25, 0.3) is 0 Å². The topological polar surface area (TPSA) is 26.0 Å². The van der Waals surface area contributed by atoms with E-state index in [9.17, 15) is 8.78 Å². The van der Waals surface area contributed by atoms with Crippen LogP contribution in [0.25, 0.3) is 0 Å². The summed E-state index contributed by atoms with van der Waals surface area (Å²) in [4.78, 5) is 1.88. The average molecular weight is 332 g/mol.